The van der Waals surface area contributed by atoms with Crippen molar-refractivity contribution in [3.63, 3.8) is 0 Å². The third-order valence-corrected chi connectivity index (χ3v) is 12.3. The van der Waals surface area contributed by atoms with Crippen LogP contribution in [0.3, 0.4) is 0 Å². The Labute approximate surface area is 313 Å². The maximum atomic E-state index is 13.7. The first-order valence-electron chi connectivity index (χ1n) is 19.8. The van der Waals surface area contributed by atoms with Gasteiger partial charge in [-0.1, -0.05) is 67.8 Å². The van der Waals surface area contributed by atoms with Gasteiger partial charge in [-0.3, -0.25) is 14.5 Å². The van der Waals surface area contributed by atoms with Crippen molar-refractivity contribution < 1.29 is 29.3 Å². The van der Waals surface area contributed by atoms with E-state index in [-0.39, 0.29) is 35.6 Å². The highest BCUT2D eigenvalue weighted by Gasteiger charge is 2.50. The molecule has 7 rings (SSSR count). The summed E-state index contributed by atoms with van der Waals surface area (Å²) in [6.45, 7) is 6.82. The van der Waals surface area contributed by atoms with E-state index in [0.717, 1.165) is 42.6 Å². The number of anilines is 1. The predicted octanol–water partition coefficient (Wildman–Crippen LogP) is 5.77. The lowest BCUT2D eigenvalue weighted by atomic mass is 9.66. The second kappa shape index (κ2) is 16.9. The number of aromatic hydroxyl groups is 2. The highest BCUT2D eigenvalue weighted by atomic mass is 16.5. The standard InChI is InChI=1S/C43H56N4O6/c1-30(32-8-5-6-9-32)47(23-22-44-21-18-33-15-17-38(49)41-42(33)53-27-39(50)45-41)40(51)20-25-52-24-19-31-14-16-37(48)36(26-31)43(34-10-3-2-4-11-34)28-46(29-43)35-12-7-13-35/h2-4,10-11,14-17,26,30,32,35,44,48-49H,5-9,12-13,18-25,27-29H2,1H3,(H,45,50). The van der Waals surface area contributed by atoms with Crippen LogP contribution >= 0.6 is 0 Å². The van der Waals surface area contributed by atoms with Crippen molar-refractivity contribution in [1.82, 2.24) is 15.1 Å². The minimum atomic E-state index is -0.280. The average molecular weight is 725 g/mol. The first kappa shape index (κ1) is 37.2. The number of hydrogen-bond acceptors (Lipinski definition) is 8. The van der Waals surface area contributed by atoms with E-state index in [0.29, 0.717) is 81.3 Å². The van der Waals surface area contributed by atoms with Crippen molar-refractivity contribution in [2.75, 3.05) is 57.9 Å². The third-order valence-electron chi connectivity index (χ3n) is 12.3. The molecule has 2 aliphatic heterocycles. The zero-order valence-electron chi connectivity index (χ0n) is 31.2. The SMILES string of the molecule is CC(C1CCCC1)N(CCNCCc1ccc(O)c2c1OCC(=O)N2)C(=O)CCOCCc1ccc(O)c(C2(c3ccccc3)CN(C3CCC3)C2)c1. The Morgan fingerprint density at radius 3 is 2.51 bits per heavy atom. The van der Waals surface area contributed by atoms with Gasteiger partial charge in [0.05, 0.1) is 19.6 Å². The van der Waals surface area contributed by atoms with Crippen LogP contribution in [0.4, 0.5) is 5.69 Å². The summed E-state index contributed by atoms with van der Waals surface area (Å²) < 4.78 is 11.7. The molecule has 0 spiro atoms. The van der Waals surface area contributed by atoms with E-state index in [2.05, 4.69) is 58.9 Å². The molecule has 0 radical (unpaired) electrons. The largest absolute Gasteiger partial charge is 0.508 e. The topological polar surface area (TPSA) is 124 Å². The molecule has 0 bridgehead atoms. The molecule has 53 heavy (non-hydrogen) atoms. The highest BCUT2D eigenvalue weighted by molar-refractivity contribution is 5.97. The molecule has 1 unspecified atom stereocenters. The lowest BCUT2D eigenvalue weighted by Crippen LogP contribution is -2.64. The Hall–Kier alpha value is -4.12. The molecule has 1 atom stereocenters. The number of carbonyl (C=O) groups excluding carboxylic acids is 2. The van der Waals surface area contributed by atoms with Gasteiger partial charge in [-0.2, -0.15) is 0 Å². The molecule has 10 heteroatoms. The van der Waals surface area contributed by atoms with Crippen molar-refractivity contribution in [2.24, 2.45) is 5.92 Å². The zero-order valence-corrected chi connectivity index (χ0v) is 31.2. The van der Waals surface area contributed by atoms with Crippen molar-refractivity contribution in [3.05, 3.63) is 82.9 Å². The lowest BCUT2D eigenvalue weighted by Gasteiger charge is -2.56. The van der Waals surface area contributed by atoms with Gasteiger partial charge >= 0.3 is 0 Å². The van der Waals surface area contributed by atoms with Gasteiger partial charge in [-0.15, -0.1) is 0 Å². The number of rotatable bonds is 17. The monoisotopic (exact) mass is 724 g/mol. The summed E-state index contributed by atoms with van der Waals surface area (Å²) >= 11 is 0. The van der Waals surface area contributed by atoms with E-state index >= 15 is 0 Å². The summed E-state index contributed by atoms with van der Waals surface area (Å²) in [5, 5.41) is 27.5. The van der Waals surface area contributed by atoms with Gasteiger partial charge in [0, 0.05) is 49.2 Å². The molecule has 1 saturated heterocycles. The fraction of sp³-hybridized carbons (Fsp3) is 0.535. The minimum Gasteiger partial charge on any atom is -0.508 e. The molecule has 0 aromatic heterocycles. The summed E-state index contributed by atoms with van der Waals surface area (Å²) in [7, 11) is 0. The van der Waals surface area contributed by atoms with Crippen LogP contribution in [0.2, 0.25) is 0 Å². The van der Waals surface area contributed by atoms with Crippen LogP contribution in [-0.4, -0.2) is 96.5 Å². The molecule has 2 aliphatic carbocycles. The van der Waals surface area contributed by atoms with Gasteiger partial charge in [0.25, 0.3) is 5.91 Å². The fourth-order valence-electron chi connectivity index (χ4n) is 8.85. The number of carbonyl (C=O) groups is 2. The average Bonchev–Trinajstić information content (AvgIpc) is 3.67. The van der Waals surface area contributed by atoms with Crippen LogP contribution in [-0.2, 0) is 32.6 Å². The van der Waals surface area contributed by atoms with Gasteiger partial charge in [0.2, 0.25) is 5.91 Å². The fourth-order valence-corrected chi connectivity index (χ4v) is 8.85. The van der Waals surface area contributed by atoms with Gasteiger partial charge in [-0.25, -0.2) is 0 Å². The van der Waals surface area contributed by atoms with E-state index in [9.17, 15) is 19.8 Å². The number of amides is 2. The number of phenols is 2. The summed E-state index contributed by atoms with van der Waals surface area (Å²) in [6, 6.07) is 20.9. The molecule has 2 heterocycles. The first-order chi connectivity index (χ1) is 25.8. The normalized spacial score (nSPS) is 19.1. The molecule has 4 aliphatic rings. The van der Waals surface area contributed by atoms with Crippen LogP contribution in [0, 0.1) is 5.92 Å². The number of hydrogen-bond donors (Lipinski definition) is 4. The smallest absolute Gasteiger partial charge is 0.262 e. The maximum Gasteiger partial charge on any atom is 0.262 e. The van der Waals surface area contributed by atoms with Crippen molar-refractivity contribution in [1.29, 1.82) is 0 Å². The third kappa shape index (κ3) is 8.35. The van der Waals surface area contributed by atoms with E-state index in [1.165, 1.54) is 37.7 Å². The molecule has 10 nitrogen and oxygen atoms in total. The van der Waals surface area contributed by atoms with Crippen molar-refractivity contribution in [2.45, 2.75) is 88.6 Å². The van der Waals surface area contributed by atoms with Crippen molar-refractivity contribution >= 4 is 17.5 Å². The Bertz CT molecular complexity index is 1720. The van der Waals surface area contributed by atoms with Gasteiger partial charge < -0.3 is 35.2 Å². The minimum absolute atomic E-state index is 0.00513. The van der Waals surface area contributed by atoms with Crippen LogP contribution in [0.1, 0.15) is 80.5 Å². The van der Waals surface area contributed by atoms with Crippen LogP contribution in [0.25, 0.3) is 0 Å². The summed E-state index contributed by atoms with van der Waals surface area (Å²) in [5.41, 5.74) is 4.42. The number of likely N-dealkylation sites (tertiary alicyclic amines) is 1. The molecule has 4 N–H and O–H groups in total. The highest BCUT2D eigenvalue weighted by Crippen LogP contribution is 2.47. The number of nitrogens with zero attached hydrogens (tertiary/aromatic N) is 2. The Morgan fingerprint density at radius 2 is 1.75 bits per heavy atom. The van der Waals surface area contributed by atoms with Gasteiger partial charge in [0.1, 0.15) is 17.2 Å². The Kier molecular flexibility index (Phi) is 11.9. The van der Waals surface area contributed by atoms with E-state index in [1.54, 1.807) is 6.07 Å². The number of benzene rings is 3. The molecular weight excluding hydrogens is 668 g/mol. The van der Waals surface area contributed by atoms with E-state index < -0.39 is 0 Å². The molecular formula is C43H56N4O6. The zero-order chi connectivity index (χ0) is 36.8. The summed E-state index contributed by atoms with van der Waals surface area (Å²) in [5.74, 6) is 1.24. The molecule has 2 amide bonds. The van der Waals surface area contributed by atoms with Crippen molar-refractivity contribution in [3.8, 4) is 17.2 Å². The molecule has 284 valence electrons. The van der Waals surface area contributed by atoms with Crippen LogP contribution in [0.15, 0.2) is 60.7 Å². The van der Waals surface area contributed by atoms with Crippen LogP contribution < -0.4 is 15.4 Å². The molecule has 2 saturated carbocycles. The first-order valence-corrected chi connectivity index (χ1v) is 19.8. The quantitative estimate of drug-likeness (QED) is 0.102. The number of fused-ring (bicyclic) bond motifs is 1. The number of ether oxygens (including phenoxy) is 2. The second-order valence-electron chi connectivity index (χ2n) is 15.6. The van der Waals surface area contributed by atoms with Gasteiger partial charge in [0.15, 0.2) is 12.4 Å². The van der Waals surface area contributed by atoms with Gasteiger partial charge in [-0.05, 0) is 86.7 Å². The molecule has 3 aromatic rings. The summed E-state index contributed by atoms with van der Waals surface area (Å²) in [4.78, 5) is 30.0. The second-order valence-corrected chi connectivity index (χ2v) is 15.6. The predicted molar refractivity (Wildman–Crippen MR) is 206 cm³/mol. The van der Waals surface area contributed by atoms with E-state index in [4.69, 9.17) is 9.47 Å². The number of phenolic OH excluding ortho intramolecular Hbond substituents is 2. The Morgan fingerprint density at radius 1 is 0.981 bits per heavy atom. The maximum absolute atomic E-state index is 13.7. The summed E-state index contributed by atoms with van der Waals surface area (Å²) in [6.07, 6.45) is 10.3. The Balaban J connectivity index is 0.899. The lowest BCUT2D eigenvalue weighted by molar-refractivity contribution is -0.135. The van der Waals surface area contributed by atoms with Crippen LogP contribution in [0.5, 0.6) is 17.2 Å². The number of nitrogens with one attached hydrogen (secondary N) is 2. The van der Waals surface area contributed by atoms with E-state index in [1.807, 2.05) is 23.1 Å². The molecule has 3 fully saturated rings. The molecule has 3 aromatic carbocycles.